The first-order chi connectivity index (χ1) is 12.9. The highest BCUT2D eigenvalue weighted by molar-refractivity contribution is 7.89. The molecule has 2 unspecified atom stereocenters. The molecule has 2 aliphatic heterocycles. The summed E-state index contributed by atoms with van der Waals surface area (Å²) in [6.45, 7) is 4.47. The van der Waals surface area contributed by atoms with Crippen LogP contribution in [-0.4, -0.2) is 56.0 Å². The second-order valence-electron chi connectivity index (χ2n) is 7.04. The Labute approximate surface area is 164 Å². The average molecular weight is 409 g/mol. The van der Waals surface area contributed by atoms with Gasteiger partial charge in [0.2, 0.25) is 16.0 Å². The Morgan fingerprint density at radius 3 is 2.44 bits per heavy atom. The smallest absolute Gasteiger partial charge is 0.243 e. The Hall–Kier alpha value is -1.90. The average Bonchev–Trinajstić information content (AvgIpc) is 3.21. The number of aryl methyl sites for hydroxylation is 1. The summed E-state index contributed by atoms with van der Waals surface area (Å²) in [5, 5.41) is 0.292. The van der Waals surface area contributed by atoms with Crippen molar-refractivity contribution < 1.29 is 13.2 Å². The van der Waals surface area contributed by atoms with Crippen molar-refractivity contribution in [1.29, 1.82) is 0 Å². The zero-order chi connectivity index (χ0) is 19.2. The number of aromatic nitrogens is 2. The predicted octanol–water partition coefficient (Wildman–Crippen LogP) is 2.20. The number of halogens is 1. The maximum absolute atomic E-state index is 13.0. The first-order valence-corrected chi connectivity index (χ1v) is 10.6. The maximum Gasteiger partial charge on any atom is 0.243 e. The summed E-state index contributed by atoms with van der Waals surface area (Å²) in [6.07, 6.45) is 1.76. The third-order valence-electron chi connectivity index (χ3n) is 5.28. The Morgan fingerprint density at radius 1 is 1.15 bits per heavy atom. The molecule has 3 heterocycles. The molecule has 9 heteroatoms. The van der Waals surface area contributed by atoms with Crippen LogP contribution in [0.2, 0.25) is 5.02 Å². The second kappa shape index (κ2) is 6.92. The third-order valence-corrected chi connectivity index (χ3v) is 7.40. The van der Waals surface area contributed by atoms with Crippen LogP contribution in [0.1, 0.15) is 5.69 Å². The Kier molecular flexibility index (Phi) is 4.73. The van der Waals surface area contributed by atoms with Crippen molar-refractivity contribution >= 4 is 27.6 Å². The standard InChI is InChI=1S/C18H21ClN4O3S/c1-12-5-6-20-18(21-12)22-8-13-10-23(11-14(13)9-22)27(24,25)15-3-4-17(26-2)16(19)7-15/h3-7,13-14H,8-11H2,1-2H3. The Bertz CT molecular complexity index is 955. The zero-order valence-electron chi connectivity index (χ0n) is 15.2. The number of sulfonamides is 1. The number of anilines is 1. The van der Waals surface area contributed by atoms with Crippen molar-refractivity contribution in [3.63, 3.8) is 0 Å². The highest BCUT2D eigenvalue weighted by Crippen LogP contribution is 2.36. The van der Waals surface area contributed by atoms with Gasteiger partial charge in [-0.25, -0.2) is 18.4 Å². The molecule has 0 radical (unpaired) electrons. The number of benzene rings is 1. The van der Waals surface area contributed by atoms with E-state index in [0.29, 0.717) is 23.9 Å². The van der Waals surface area contributed by atoms with Gasteiger partial charge in [-0.05, 0) is 43.0 Å². The van der Waals surface area contributed by atoms with Crippen LogP contribution in [0, 0.1) is 18.8 Å². The van der Waals surface area contributed by atoms with E-state index < -0.39 is 10.0 Å². The van der Waals surface area contributed by atoms with Gasteiger partial charge in [-0.1, -0.05) is 11.6 Å². The normalized spacial score (nSPS) is 22.9. The maximum atomic E-state index is 13.0. The van der Waals surface area contributed by atoms with Gasteiger partial charge >= 0.3 is 0 Å². The molecule has 1 aromatic heterocycles. The lowest BCUT2D eigenvalue weighted by molar-refractivity contribution is 0.414. The number of methoxy groups -OCH3 is 1. The highest BCUT2D eigenvalue weighted by Gasteiger charge is 2.45. The molecule has 2 fully saturated rings. The van der Waals surface area contributed by atoms with E-state index in [4.69, 9.17) is 16.3 Å². The van der Waals surface area contributed by atoms with Crippen molar-refractivity contribution in [2.24, 2.45) is 11.8 Å². The molecule has 2 aliphatic rings. The summed E-state index contributed by atoms with van der Waals surface area (Å²) in [4.78, 5) is 11.2. The van der Waals surface area contributed by atoms with Gasteiger partial charge in [-0.15, -0.1) is 0 Å². The van der Waals surface area contributed by atoms with E-state index >= 15 is 0 Å². The van der Waals surface area contributed by atoms with E-state index in [1.165, 1.54) is 13.2 Å². The van der Waals surface area contributed by atoms with E-state index in [1.54, 1.807) is 22.6 Å². The van der Waals surface area contributed by atoms with Gasteiger partial charge in [0.25, 0.3) is 0 Å². The summed E-state index contributed by atoms with van der Waals surface area (Å²) in [5.41, 5.74) is 0.928. The molecule has 0 bridgehead atoms. The van der Waals surface area contributed by atoms with Crippen LogP contribution in [0.4, 0.5) is 5.95 Å². The number of nitrogens with zero attached hydrogens (tertiary/aromatic N) is 4. The molecule has 2 aromatic rings. The zero-order valence-corrected chi connectivity index (χ0v) is 16.7. The molecule has 0 aliphatic carbocycles. The van der Waals surface area contributed by atoms with Crippen molar-refractivity contribution in [3.8, 4) is 5.75 Å². The lowest BCUT2D eigenvalue weighted by Crippen LogP contribution is -2.33. The predicted molar refractivity (Wildman–Crippen MR) is 103 cm³/mol. The van der Waals surface area contributed by atoms with E-state index in [-0.39, 0.29) is 16.7 Å². The van der Waals surface area contributed by atoms with Crippen LogP contribution < -0.4 is 9.64 Å². The summed E-state index contributed by atoms with van der Waals surface area (Å²) in [6, 6.07) is 6.45. The second-order valence-corrected chi connectivity index (χ2v) is 9.39. The van der Waals surface area contributed by atoms with Crippen LogP contribution in [0.15, 0.2) is 35.4 Å². The van der Waals surface area contributed by atoms with Gasteiger partial charge in [0, 0.05) is 38.1 Å². The van der Waals surface area contributed by atoms with Gasteiger partial charge in [0.05, 0.1) is 17.0 Å². The molecular formula is C18H21ClN4O3S. The molecule has 1 aromatic carbocycles. The number of ether oxygens (including phenoxy) is 1. The lowest BCUT2D eigenvalue weighted by atomic mass is 10.0. The fourth-order valence-electron chi connectivity index (χ4n) is 3.85. The fourth-order valence-corrected chi connectivity index (χ4v) is 5.76. The first kappa shape index (κ1) is 18.5. The fraction of sp³-hybridized carbons (Fsp3) is 0.444. The topological polar surface area (TPSA) is 75.6 Å². The molecule has 0 saturated carbocycles. The Balaban J connectivity index is 1.49. The van der Waals surface area contributed by atoms with Crippen LogP contribution in [-0.2, 0) is 10.0 Å². The van der Waals surface area contributed by atoms with E-state index in [2.05, 4.69) is 14.9 Å². The Morgan fingerprint density at radius 2 is 1.85 bits per heavy atom. The summed E-state index contributed by atoms with van der Waals surface area (Å²) >= 11 is 6.11. The molecule has 27 heavy (non-hydrogen) atoms. The summed E-state index contributed by atoms with van der Waals surface area (Å²) < 4.78 is 32.7. The number of hydrogen-bond donors (Lipinski definition) is 0. The highest BCUT2D eigenvalue weighted by atomic mass is 35.5. The van der Waals surface area contributed by atoms with E-state index in [9.17, 15) is 8.42 Å². The van der Waals surface area contributed by atoms with Crippen LogP contribution >= 0.6 is 11.6 Å². The van der Waals surface area contributed by atoms with Crippen LogP contribution in [0.5, 0.6) is 5.75 Å². The summed E-state index contributed by atoms with van der Waals surface area (Å²) in [7, 11) is -2.07. The number of rotatable bonds is 4. The van der Waals surface area contributed by atoms with Crippen LogP contribution in [0.25, 0.3) is 0 Å². The summed E-state index contributed by atoms with van der Waals surface area (Å²) in [5.74, 6) is 1.73. The quantitative estimate of drug-likeness (QED) is 0.772. The van der Waals surface area contributed by atoms with Gasteiger partial charge in [-0.2, -0.15) is 4.31 Å². The molecule has 7 nitrogen and oxygen atoms in total. The van der Waals surface area contributed by atoms with Gasteiger partial charge in [-0.3, -0.25) is 0 Å². The van der Waals surface area contributed by atoms with E-state index in [0.717, 1.165) is 24.7 Å². The monoisotopic (exact) mass is 408 g/mol. The first-order valence-electron chi connectivity index (χ1n) is 8.77. The van der Waals surface area contributed by atoms with Crippen LogP contribution in [0.3, 0.4) is 0 Å². The molecule has 2 saturated heterocycles. The number of fused-ring (bicyclic) bond motifs is 1. The minimum absolute atomic E-state index is 0.201. The molecule has 0 amide bonds. The van der Waals surface area contributed by atoms with E-state index in [1.807, 2.05) is 13.0 Å². The van der Waals surface area contributed by atoms with Crippen molar-refractivity contribution in [3.05, 3.63) is 41.2 Å². The molecule has 4 rings (SSSR count). The van der Waals surface area contributed by atoms with Gasteiger partial charge < -0.3 is 9.64 Å². The molecule has 2 atom stereocenters. The third kappa shape index (κ3) is 3.37. The molecule has 0 spiro atoms. The SMILES string of the molecule is COc1ccc(S(=O)(=O)N2CC3CN(c4nccc(C)n4)CC3C2)cc1Cl. The number of hydrogen-bond acceptors (Lipinski definition) is 6. The van der Waals surface area contributed by atoms with Gasteiger partial charge in [0.1, 0.15) is 5.75 Å². The minimum Gasteiger partial charge on any atom is -0.495 e. The molecular weight excluding hydrogens is 388 g/mol. The van der Waals surface area contributed by atoms with Gasteiger partial charge in [0.15, 0.2) is 0 Å². The molecule has 144 valence electrons. The minimum atomic E-state index is -3.57. The lowest BCUT2D eigenvalue weighted by Gasteiger charge is -2.22. The van der Waals surface area contributed by atoms with Crippen molar-refractivity contribution in [2.45, 2.75) is 11.8 Å². The van der Waals surface area contributed by atoms with Crippen molar-refractivity contribution in [2.75, 3.05) is 38.2 Å². The van der Waals surface area contributed by atoms with Crippen molar-refractivity contribution in [1.82, 2.24) is 14.3 Å². The largest absolute Gasteiger partial charge is 0.495 e. The molecule has 0 N–H and O–H groups in total.